The van der Waals surface area contributed by atoms with Gasteiger partial charge >= 0.3 is 0 Å². The van der Waals surface area contributed by atoms with Gasteiger partial charge in [0.15, 0.2) is 0 Å². The quantitative estimate of drug-likeness (QED) is 0.672. The van der Waals surface area contributed by atoms with Crippen molar-refractivity contribution in [2.75, 3.05) is 6.61 Å². The lowest BCUT2D eigenvalue weighted by Gasteiger charge is -2.08. The van der Waals surface area contributed by atoms with Gasteiger partial charge in [0, 0.05) is 33.6 Å². The largest absolute Gasteiger partial charge is 0.493 e. The first-order valence-electron chi connectivity index (χ1n) is 6.78. The van der Waals surface area contributed by atoms with E-state index in [4.69, 9.17) is 4.74 Å². The van der Waals surface area contributed by atoms with Crippen LogP contribution in [0.1, 0.15) is 13.8 Å². The summed E-state index contributed by atoms with van der Waals surface area (Å²) in [6.07, 6.45) is 3.71. The van der Waals surface area contributed by atoms with Gasteiger partial charge in [-0.2, -0.15) is 0 Å². The molecule has 0 N–H and O–H groups in total. The summed E-state index contributed by atoms with van der Waals surface area (Å²) in [7, 11) is 0. The molecule has 3 rings (SSSR count). The van der Waals surface area contributed by atoms with E-state index in [0.29, 0.717) is 5.92 Å². The van der Waals surface area contributed by atoms with Gasteiger partial charge < -0.3 is 4.74 Å². The van der Waals surface area contributed by atoms with Crippen LogP contribution in [0.25, 0.3) is 21.2 Å². The second-order valence-electron chi connectivity index (χ2n) is 5.25. The van der Waals surface area contributed by atoms with Gasteiger partial charge in [0.1, 0.15) is 5.75 Å². The van der Waals surface area contributed by atoms with E-state index in [1.807, 2.05) is 12.3 Å². The summed E-state index contributed by atoms with van der Waals surface area (Å²) in [5.41, 5.74) is 2.41. The fourth-order valence-corrected chi connectivity index (χ4v) is 3.10. The lowest BCUT2D eigenvalue weighted by atomic mass is 10.1. The molecule has 0 radical (unpaired) electrons. The van der Waals surface area contributed by atoms with Gasteiger partial charge in [0.2, 0.25) is 0 Å². The second kappa shape index (κ2) is 5.63. The molecule has 0 aliphatic rings. The predicted octanol–water partition coefficient (Wildman–Crippen LogP) is 5.00. The summed E-state index contributed by atoms with van der Waals surface area (Å²) in [6, 6.07) is 10.4. The lowest BCUT2D eigenvalue weighted by molar-refractivity contribution is 0.271. The number of rotatable bonds is 4. The van der Waals surface area contributed by atoms with Crippen LogP contribution in [-0.2, 0) is 0 Å². The molecule has 0 fully saturated rings. The Balaban J connectivity index is 1.94. The molecule has 3 heteroatoms. The van der Waals surface area contributed by atoms with Crippen LogP contribution in [0.15, 0.2) is 48.1 Å². The molecule has 2 aromatic heterocycles. The number of pyridine rings is 1. The summed E-state index contributed by atoms with van der Waals surface area (Å²) in [5.74, 6) is 1.49. The molecule has 2 nitrogen and oxygen atoms in total. The SMILES string of the molecule is CC(C)COc1ccc2c(-c3cccnc3)csc2c1. The van der Waals surface area contributed by atoms with Gasteiger partial charge in [-0.05, 0) is 35.6 Å². The van der Waals surface area contributed by atoms with Gasteiger partial charge in [-0.1, -0.05) is 19.9 Å². The van der Waals surface area contributed by atoms with Crippen LogP contribution in [0.4, 0.5) is 0 Å². The number of hydrogen-bond acceptors (Lipinski definition) is 3. The zero-order chi connectivity index (χ0) is 13.9. The van der Waals surface area contributed by atoms with Crippen LogP contribution >= 0.6 is 11.3 Å². The van der Waals surface area contributed by atoms with Crippen LogP contribution in [0.2, 0.25) is 0 Å². The summed E-state index contributed by atoms with van der Waals surface area (Å²) >= 11 is 1.75. The van der Waals surface area contributed by atoms with E-state index in [1.54, 1.807) is 17.5 Å². The van der Waals surface area contributed by atoms with Crippen LogP contribution in [0.3, 0.4) is 0 Å². The number of aromatic nitrogens is 1. The first-order chi connectivity index (χ1) is 9.74. The number of fused-ring (bicyclic) bond motifs is 1. The second-order valence-corrected chi connectivity index (χ2v) is 6.17. The predicted molar refractivity (Wildman–Crippen MR) is 85.4 cm³/mol. The van der Waals surface area contributed by atoms with Gasteiger partial charge in [0.25, 0.3) is 0 Å². The average Bonchev–Trinajstić information content (AvgIpc) is 2.89. The van der Waals surface area contributed by atoms with Crippen LogP contribution in [0, 0.1) is 5.92 Å². The molecular formula is C17H17NOS. The molecule has 2 heterocycles. The molecule has 1 aromatic carbocycles. The highest BCUT2D eigenvalue weighted by Gasteiger charge is 2.07. The summed E-state index contributed by atoms with van der Waals surface area (Å²) in [4.78, 5) is 4.19. The van der Waals surface area contributed by atoms with Crippen LogP contribution in [-0.4, -0.2) is 11.6 Å². The molecule has 0 aliphatic carbocycles. The maximum atomic E-state index is 5.78. The Morgan fingerprint density at radius 1 is 1.25 bits per heavy atom. The summed E-state index contributed by atoms with van der Waals surface area (Å²) in [6.45, 7) is 5.07. The molecule has 102 valence electrons. The summed E-state index contributed by atoms with van der Waals surface area (Å²) < 4.78 is 7.04. The van der Waals surface area contributed by atoms with Crippen molar-refractivity contribution in [3.05, 3.63) is 48.1 Å². The first-order valence-corrected chi connectivity index (χ1v) is 7.66. The van der Waals surface area contributed by atoms with Crippen molar-refractivity contribution in [1.29, 1.82) is 0 Å². The molecule has 0 saturated carbocycles. The zero-order valence-electron chi connectivity index (χ0n) is 11.7. The van der Waals surface area contributed by atoms with E-state index < -0.39 is 0 Å². The number of benzene rings is 1. The highest BCUT2D eigenvalue weighted by atomic mass is 32.1. The molecule has 0 atom stereocenters. The Labute approximate surface area is 123 Å². The minimum Gasteiger partial charge on any atom is -0.493 e. The number of nitrogens with zero attached hydrogens (tertiary/aromatic N) is 1. The third-order valence-corrected chi connectivity index (χ3v) is 4.05. The third kappa shape index (κ3) is 2.68. The van der Waals surface area contributed by atoms with Crippen molar-refractivity contribution in [2.24, 2.45) is 5.92 Å². The number of hydrogen-bond donors (Lipinski definition) is 0. The Kier molecular flexibility index (Phi) is 3.70. The van der Waals surface area contributed by atoms with E-state index in [1.165, 1.54) is 15.6 Å². The van der Waals surface area contributed by atoms with Crippen molar-refractivity contribution in [2.45, 2.75) is 13.8 Å². The van der Waals surface area contributed by atoms with Crippen molar-refractivity contribution in [1.82, 2.24) is 4.98 Å². The maximum absolute atomic E-state index is 5.78. The van der Waals surface area contributed by atoms with Gasteiger partial charge in [-0.3, -0.25) is 4.98 Å². The fraction of sp³-hybridized carbons (Fsp3) is 0.235. The molecule has 0 saturated heterocycles. The molecule has 0 bridgehead atoms. The number of ether oxygens (including phenoxy) is 1. The minimum absolute atomic E-state index is 0.542. The Bertz CT molecular complexity index is 703. The van der Waals surface area contributed by atoms with Crippen LogP contribution in [0.5, 0.6) is 5.75 Å². The highest BCUT2D eigenvalue weighted by molar-refractivity contribution is 7.17. The maximum Gasteiger partial charge on any atom is 0.120 e. The van der Waals surface area contributed by atoms with E-state index in [0.717, 1.165) is 17.9 Å². The molecule has 0 amide bonds. The normalized spacial score (nSPS) is 11.2. The van der Waals surface area contributed by atoms with Gasteiger partial charge in [-0.15, -0.1) is 11.3 Å². The van der Waals surface area contributed by atoms with E-state index in [9.17, 15) is 0 Å². The van der Waals surface area contributed by atoms with E-state index in [-0.39, 0.29) is 0 Å². The van der Waals surface area contributed by atoms with Crippen molar-refractivity contribution >= 4 is 21.4 Å². The van der Waals surface area contributed by atoms with E-state index >= 15 is 0 Å². The molecular weight excluding hydrogens is 266 g/mol. The third-order valence-electron chi connectivity index (χ3n) is 3.10. The van der Waals surface area contributed by atoms with Crippen molar-refractivity contribution in [3.8, 4) is 16.9 Å². The topological polar surface area (TPSA) is 22.1 Å². The molecule has 0 unspecified atom stereocenters. The smallest absolute Gasteiger partial charge is 0.120 e. The first kappa shape index (κ1) is 13.1. The standard InChI is InChI=1S/C17H17NOS/c1-12(2)10-19-14-5-6-15-16(11-20-17(15)8-14)13-4-3-7-18-9-13/h3-9,11-12H,10H2,1-2H3. The Morgan fingerprint density at radius 2 is 2.15 bits per heavy atom. The van der Waals surface area contributed by atoms with Crippen molar-refractivity contribution in [3.63, 3.8) is 0 Å². The highest BCUT2D eigenvalue weighted by Crippen LogP contribution is 2.35. The molecule has 20 heavy (non-hydrogen) atoms. The Morgan fingerprint density at radius 3 is 2.90 bits per heavy atom. The monoisotopic (exact) mass is 283 g/mol. The average molecular weight is 283 g/mol. The molecule has 0 aliphatic heterocycles. The summed E-state index contributed by atoms with van der Waals surface area (Å²) in [5, 5.41) is 3.45. The molecule has 3 aromatic rings. The molecule has 0 spiro atoms. The van der Waals surface area contributed by atoms with Gasteiger partial charge in [-0.25, -0.2) is 0 Å². The van der Waals surface area contributed by atoms with Gasteiger partial charge in [0.05, 0.1) is 6.61 Å². The number of thiophene rings is 1. The van der Waals surface area contributed by atoms with Crippen LogP contribution < -0.4 is 4.74 Å². The van der Waals surface area contributed by atoms with Crippen molar-refractivity contribution < 1.29 is 4.74 Å². The van der Waals surface area contributed by atoms with E-state index in [2.05, 4.69) is 48.5 Å². The zero-order valence-corrected chi connectivity index (χ0v) is 12.5. The minimum atomic E-state index is 0.542. The fourth-order valence-electron chi connectivity index (χ4n) is 2.11. The Hall–Kier alpha value is -1.87. The lowest BCUT2D eigenvalue weighted by Crippen LogP contribution is -2.04.